The third-order valence-corrected chi connectivity index (χ3v) is 2.51. The average molecular weight is 280 g/mol. The summed E-state index contributed by atoms with van der Waals surface area (Å²) in [7, 11) is 0. The highest BCUT2D eigenvalue weighted by atomic mass is 16.5. The summed E-state index contributed by atoms with van der Waals surface area (Å²) in [4.78, 5) is 20.1. The third kappa shape index (κ3) is 5.86. The van der Waals surface area contributed by atoms with Crippen molar-refractivity contribution in [1.82, 2.24) is 15.3 Å². The van der Waals surface area contributed by atoms with E-state index in [0.717, 1.165) is 6.42 Å². The molecule has 0 bridgehead atoms. The van der Waals surface area contributed by atoms with E-state index >= 15 is 0 Å². The fraction of sp³-hybridized carbons (Fsp3) is 0.643. The number of carbonyl (C=O) groups excluding carboxylic acids is 1. The topological polar surface area (TPSA) is 76.1 Å². The number of carbonyl (C=O) groups is 1. The number of rotatable bonds is 8. The maximum Gasteiger partial charge on any atom is 0.242 e. The van der Waals surface area contributed by atoms with Crippen LogP contribution in [0.4, 0.5) is 5.95 Å². The van der Waals surface area contributed by atoms with Crippen LogP contribution in [0.15, 0.2) is 12.3 Å². The molecule has 0 aliphatic carbocycles. The zero-order chi connectivity index (χ0) is 15.0. The first kappa shape index (κ1) is 16.2. The van der Waals surface area contributed by atoms with E-state index in [-0.39, 0.29) is 5.91 Å². The molecule has 6 nitrogen and oxygen atoms in total. The third-order valence-electron chi connectivity index (χ3n) is 2.51. The fourth-order valence-corrected chi connectivity index (χ4v) is 1.42. The minimum atomic E-state index is -0.393. The van der Waals surface area contributed by atoms with Crippen molar-refractivity contribution in [2.24, 2.45) is 5.92 Å². The van der Waals surface area contributed by atoms with Crippen molar-refractivity contribution in [1.29, 1.82) is 0 Å². The molecule has 0 spiro atoms. The van der Waals surface area contributed by atoms with E-state index in [1.165, 1.54) is 0 Å². The van der Waals surface area contributed by atoms with Crippen molar-refractivity contribution in [2.45, 2.75) is 40.2 Å². The Labute approximate surface area is 120 Å². The van der Waals surface area contributed by atoms with Gasteiger partial charge in [0, 0.05) is 18.8 Å². The van der Waals surface area contributed by atoms with E-state index in [4.69, 9.17) is 4.74 Å². The highest BCUT2D eigenvalue weighted by molar-refractivity contribution is 5.83. The summed E-state index contributed by atoms with van der Waals surface area (Å²) in [6.45, 7) is 9.18. The van der Waals surface area contributed by atoms with Crippen molar-refractivity contribution in [2.75, 3.05) is 18.5 Å². The van der Waals surface area contributed by atoms with Gasteiger partial charge in [-0.05, 0) is 19.3 Å². The van der Waals surface area contributed by atoms with Crippen LogP contribution in [0.25, 0.3) is 0 Å². The van der Waals surface area contributed by atoms with Gasteiger partial charge >= 0.3 is 0 Å². The Morgan fingerprint density at radius 2 is 2.15 bits per heavy atom. The number of anilines is 1. The number of aromatic nitrogens is 2. The van der Waals surface area contributed by atoms with Gasteiger partial charge in [0.15, 0.2) is 0 Å². The number of hydrogen-bond acceptors (Lipinski definition) is 5. The van der Waals surface area contributed by atoms with Gasteiger partial charge in [-0.3, -0.25) is 4.79 Å². The number of nitrogens with one attached hydrogen (secondary N) is 2. The molecule has 1 rings (SSSR count). The number of amides is 1. The second-order valence-electron chi connectivity index (χ2n) is 5.07. The summed E-state index contributed by atoms with van der Waals surface area (Å²) in [6.07, 6.45) is 2.53. The van der Waals surface area contributed by atoms with Crippen LogP contribution in [0, 0.1) is 5.92 Å². The molecule has 0 radical (unpaired) electrons. The second kappa shape index (κ2) is 8.35. The lowest BCUT2D eigenvalue weighted by Gasteiger charge is -2.15. The maximum atomic E-state index is 11.8. The molecule has 1 aromatic heterocycles. The van der Waals surface area contributed by atoms with Crippen molar-refractivity contribution >= 4 is 11.9 Å². The van der Waals surface area contributed by atoms with Crippen LogP contribution in [0.5, 0.6) is 5.88 Å². The van der Waals surface area contributed by atoms with Crippen LogP contribution in [0.3, 0.4) is 0 Å². The smallest absolute Gasteiger partial charge is 0.242 e. The second-order valence-corrected chi connectivity index (χ2v) is 5.07. The molecule has 112 valence electrons. The predicted molar refractivity (Wildman–Crippen MR) is 78.8 cm³/mol. The molecule has 0 saturated carbocycles. The van der Waals surface area contributed by atoms with Crippen molar-refractivity contribution in [3.05, 3.63) is 12.3 Å². The fourth-order valence-electron chi connectivity index (χ4n) is 1.42. The average Bonchev–Trinajstić information content (AvgIpc) is 2.42. The van der Waals surface area contributed by atoms with Crippen LogP contribution < -0.4 is 15.4 Å². The minimum absolute atomic E-state index is 0.0674. The first-order valence-electron chi connectivity index (χ1n) is 7.03. The summed E-state index contributed by atoms with van der Waals surface area (Å²) in [5, 5.41) is 5.83. The first-order chi connectivity index (χ1) is 9.52. The Morgan fingerprint density at radius 3 is 2.80 bits per heavy atom. The molecule has 1 unspecified atom stereocenters. The van der Waals surface area contributed by atoms with Gasteiger partial charge in [-0.1, -0.05) is 20.8 Å². The summed E-state index contributed by atoms with van der Waals surface area (Å²) >= 11 is 0. The first-order valence-corrected chi connectivity index (χ1v) is 7.03. The van der Waals surface area contributed by atoms with Gasteiger partial charge in [-0.2, -0.15) is 4.98 Å². The van der Waals surface area contributed by atoms with E-state index in [1.54, 1.807) is 19.2 Å². The molecule has 2 N–H and O–H groups in total. The molecule has 6 heteroatoms. The zero-order valence-electron chi connectivity index (χ0n) is 12.6. The standard InChI is InChI=1S/C14H24N4O2/c1-5-8-20-12-6-7-15-14(18-12)17-11(4)13(19)16-9-10(2)3/h6-7,10-11H,5,8-9H2,1-4H3,(H,16,19)(H,15,17,18). The van der Waals surface area contributed by atoms with Gasteiger partial charge < -0.3 is 15.4 Å². The molecule has 1 aromatic rings. The van der Waals surface area contributed by atoms with E-state index in [1.807, 2.05) is 6.92 Å². The number of nitrogens with zero attached hydrogens (tertiary/aromatic N) is 2. The number of hydrogen-bond donors (Lipinski definition) is 2. The van der Waals surface area contributed by atoms with E-state index < -0.39 is 6.04 Å². The molecule has 1 heterocycles. The van der Waals surface area contributed by atoms with Crippen molar-refractivity contribution in [3.8, 4) is 5.88 Å². The largest absolute Gasteiger partial charge is 0.478 e. The Kier molecular flexibility index (Phi) is 6.76. The van der Waals surface area contributed by atoms with Crippen LogP contribution in [-0.2, 0) is 4.79 Å². The van der Waals surface area contributed by atoms with Crippen molar-refractivity contribution < 1.29 is 9.53 Å². The predicted octanol–water partition coefficient (Wildman–Crippen LogP) is 1.84. The molecular formula is C14H24N4O2. The van der Waals surface area contributed by atoms with Crippen LogP contribution in [0.1, 0.15) is 34.1 Å². The summed E-state index contributed by atoms with van der Waals surface area (Å²) in [5.41, 5.74) is 0. The Bertz CT molecular complexity index is 423. The summed E-state index contributed by atoms with van der Waals surface area (Å²) in [6, 6.07) is 1.31. The zero-order valence-corrected chi connectivity index (χ0v) is 12.6. The highest BCUT2D eigenvalue weighted by Crippen LogP contribution is 2.09. The Morgan fingerprint density at radius 1 is 1.40 bits per heavy atom. The number of ether oxygens (including phenoxy) is 1. The van der Waals surface area contributed by atoms with Gasteiger partial charge in [-0.15, -0.1) is 0 Å². The molecular weight excluding hydrogens is 256 g/mol. The van der Waals surface area contributed by atoms with Gasteiger partial charge in [0.25, 0.3) is 0 Å². The van der Waals surface area contributed by atoms with Crippen molar-refractivity contribution in [3.63, 3.8) is 0 Å². The van der Waals surface area contributed by atoms with Gasteiger partial charge in [0.1, 0.15) is 6.04 Å². The van der Waals surface area contributed by atoms with Gasteiger partial charge in [0.2, 0.25) is 17.7 Å². The normalized spacial score (nSPS) is 12.1. The van der Waals surface area contributed by atoms with E-state index in [2.05, 4.69) is 34.4 Å². The lowest BCUT2D eigenvalue weighted by Crippen LogP contribution is -2.39. The van der Waals surface area contributed by atoms with Gasteiger partial charge in [0.05, 0.1) is 6.61 Å². The van der Waals surface area contributed by atoms with Gasteiger partial charge in [-0.25, -0.2) is 4.98 Å². The summed E-state index contributed by atoms with van der Waals surface area (Å²) in [5.74, 6) is 1.26. The monoisotopic (exact) mass is 280 g/mol. The minimum Gasteiger partial charge on any atom is -0.478 e. The van der Waals surface area contributed by atoms with E-state index in [9.17, 15) is 4.79 Å². The molecule has 0 aromatic carbocycles. The molecule has 0 fully saturated rings. The molecule has 1 amide bonds. The highest BCUT2D eigenvalue weighted by Gasteiger charge is 2.14. The molecule has 0 aliphatic rings. The van der Waals surface area contributed by atoms with Crippen LogP contribution in [0.2, 0.25) is 0 Å². The lowest BCUT2D eigenvalue weighted by molar-refractivity contribution is -0.121. The molecule has 0 saturated heterocycles. The molecule has 20 heavy (non-hydrogen) atoms. The van der Waals surface area contributed by atoms with E-state index in [0.29, 0.717) is 30.9 Å². The Balaban J connectivity index is 2.52. The van der Waals surface area contributed by atoms with Crippen LogP contribution >= 0.6 is 0 Å². The molecule has 1 atom stereocenters. The quantitative estimate of drug-likeness (QED) is 0.760. The Hall–Kier alpha value is -1.85. The maximum absolute atomic E-state index is 11.8. The van der Waals surface area contributed by atoms with Crippen LogP contribution in [-0.4, -0.2) is 35.1 Å². The SMILES string of the molecule is CCCOc1ccnc(NC(C)C(=O)NCC(C)C)n1. The molecule has 0 aliphatic heterocycles. The summed E-state index contributed by atoms with van der Waals surface area (Å²) < 4.78 is 5.43. The lowest BCUT2D eigenvalue weighted by atomic mass is 10.2.